The lowest BCUT2D eigenvalue weighted by atomic mass is 10.0. The molecule has 11 rings (SSSR count). The predicted molar refractivity (Wildman–Crippen MR) is 222 cm³/mol. The Morgan fingerprint density at radius 1 is 0.404 bits per heavy atom. The number of fused-ring (bicyclic) bond motifs is 12. The quantitative estimate of drug-likeness (QED) is 0.170. The van der Waals surface area contributed by atoms with Crippen LogP contribution in [0.15, 0.2) is 188 Å². The van der Waals surface area contributed by atoms with Gasteiger partial charge in [0, 0.05) is 37.2 Å². The highest BCUT2D eigenvalue weighted by Gasteiger charge is 2.53. The van der Waals surface area contributed by atoms with Crippen molar-refractivity contribution in [2.45, 2.75) is 0 Å². The summed E-state index contributed by atoms with van der Waals surface area (Å²) in [5, 5.41) is 8.09. The second-order valence-electron chi connectivity index (χ2n) is 13.6. The lowest BCUT2D eigenvalue weighted by Crippen LogP contribution is -2.74. The molecule has 0 bridgehead atoms. The van der Waals surface area contributed by atoms with Gasteiger partial charge in [0.2, 0.25) is 0 Å². The molecule has 0 unspecified atom stereocenters. The fourth-order valence-electron chi connectivity index (χ4n) is 8.77. The molecule has 2 nitrogen and oxygen atoms in total. The molecule has 0 saturated carbocycles. The summed E-state index contributed by atoms with van der Waals surface area (Å²) in [7, 11) is -2.73. The van der Waals surface area contributed by atoms with Crippen LogP contribution in [0.3, 0.4) is 0 Å². The number of nitrogens with zero attached hydrogens (tertiary/aromatic N) is 1. The van der Waals surface area contributed by atoms with Crippen LogP contribution in [0.2, 0.25) is 0 Å². The van der Waals surface area contributed by atoms with E-state index in [4.69, 9.17) is 4.74 Å². The highest BCUT2D eigenvalue weighted by atomic mass is 32.1. The van der Waals surface area contributed by atoms with E-state index in [0.717, 1.165) is 28.6 Å². The summed E-state index contributed by atoms with van der Waals surface area (Å²) in [6, 6.07) is 68.9. The van der Waals surface area contributed by atoms with Crippen LogP contribution in [0.4, 0.5) is 17.1 Å². The monoisotopic (exact) mass is 697 g/mol. The molecule has 244 valence electrons. The first-order valence-electron chi connectivity index (χ1n) is 17.8. The van der Waals surface area contributed by atoms with Gasteiger partial charge in [-0.2, -0.15) is 0 Å². The Bertz CT molecular complexity index is 2800. The Balaban J connectivity index is 1.10. The molecule has 0 atom stereocenters. The molecule has 4 heteroatoms. The highest BCUT2D eigenvalue weighted by Crippen LogP contribution is 2.43. The van der Waals surface area contributed by atoms with Crippen molar-refractivity contribution in [2.75, 3.05) is 4.90 Å². The van der Waals surface area contributed by atoms with Gasteiger partial charge in [-0.1, -0.05) is 133 Å². The lowest BCUT2D eigenvalue weighted by Gasteiger charge is -2.38. The molecule has 8 aromatic carbocycles. The third-order valence-corrected chi connectivity index (χ3v) is 17.1. The van der Waals surface area contributed by atoms with Crippen LogP contribution >= 0.6 is 11.3 Å². The van der Waals surface area contributed by atoms with Crippen LogP contribution in [-0.2, 0) is 0 Å². The third kappa shape index (κ3) is 4.16. The maximum absolute atomic E-state index is 6.78. The summed E-state index contributed by atoms with van der Waals surface area (Å²) < 4.78 is 9.44. The summed E-state index contributed by atoms with van der Waals surface area (Å²) in [6.45, 7) is 0. The molecule has 0 N–H and O–H groups in total. The molecular formula is C48H31NOSSi. The van der Waals surface area contributed by atoms with Crippen molar-refractivity contribution in [3.05, 3.63) is 188 Å². The van der Waals surface area contributed by atoms with E-state index in [1.807, 2.05) is 11.3 Å². The number of rotatable bonds is 4. The minimum atomic E-state index is -2.73. The molecule has 1 aromatic heterocycles. The fourth-order valence-corrected chi connectivity index (χ4v) is 15.4. The standard InChI is InChI=1S/C48H31NOSSi/c1-2-13-33(14-3-1)49(34-27-25-32(26-28-34)36-18-12-19-40-37-15-4-8-21-43(37)51-48(36)40)35-29-30-42-47(31-35)52(46-24-11-7-20-41(46)50-42)44-22-9-5-16-38(44)39-17-6-10-23-45(39)52/h1-31H. The second-order valence-corrected chi connectivity index (χ2v) is 18.3. The van der Waals surface area contributed by atoms with Gasteiger partial charge >= 0.3 is 0 Å². The molecule has 0 radical (unpaired) electrons. The number of anilines is 3. The van der Waals surface area contributed by atoms with Gasteiger partial charge in [-0.05, 0) is 97.6 Å². The Morgan fingerprint density at radius 3 is 1.77 bits per heavy atom. The lowest BCUT2D eigenvalue weighted by molar-refractivity contribution is 0.487. The van der Waals surface area contributed by atoms with Gasteiger partial charge in [0.05, 0.1) is 0 Å². The highest BCUT2D eigenvalue weighted by molar-refractivity contribution is 7.26. The zero-order valence-electron chi connectivity index (χ0n) is 28.2. The van der Waals surface area contributed by atoms with Gasteiger partial charge in [-0.3, -0.25) is 0 Å². The number of hydrogen-bond acceptors (Lipinski definition) is 3. The van der Waals surface area contributed by atoms with Crippen LogP contribution in [-0.4, -0.2) is 8.07 Å². The molecular weight excluding hydrogens is 667 g/mol. The zero-order chi connectivity index (χ0) is 34.2. The van der Waals surface area contributed by atoms with Crippen LogP contribution in [0.1, 0.15) is 0 Å². The molecule has 0 aliphatic carbocycles. The average molecular weight is 698 g/mol. The molecule has 2 aliphatic rings. The molecule has 0 fully saturated rings. The first-order valence-corrected chi connectivity index (χ1v) is 20.6. The molecule has 0 saturated heterocycles. The Labute approximate surface area is 307 Å². The van der Waals surface area contributed by atoms with E-state index in [1.165, 1.54) is 63.2 Å². The maximum Gasteiger partial charge on any atom is 0.189 e. The van der Waals surface area contributed by atoms with Crippen molar-refractivity contribution < 1.29 is 4.74 Å². The van der Waals surface area contributed by atoms with Gasteiger partial charge in [0.25, 0.3) is 0 Å². The summed E-state index contributed by atoms with van der Waals surface area (Å²) in [5.41, 5.74) is 8.49. The molecule has 9 aromatic rings. The van der Waals surface area contributed by atoms with Crippen molar-refractivity contribution >= 4 is 77.4 Å². The van der Waals surface area contributed by atoms with E-state index in [9.17, 15) is 0 Å². The van der Waals surface area contributed by atoms with E-state index < -0.39 is 8.07 Å². The second kappa shape index (κ2) is 11.4. The van der Waals surface area contributed by atoms with Crippen LogP contribution in [0.5, 0.6) is 11.5 Å². The first kappa shape index (κ1) is 29.5. The van der Waals surface area contributed by atoms with E-state index in [1.54, 1.807) is 0 Å². The predicted octanol–water partition coefficient (Wildman–Crippen LogP) is 10.7. The molecule has 3 heterocycles. The number of hydrogen-bond donors (Lipinski definition) is 0. The van der Waals surface area contributed by atoms with Crippen molar-refractivity contribution in [1.82, 2.24) is 0 Å². The number of ether oxygens (including phenoxy) is 1. The molecule has 52 heavy (non-hydrogen) atoms. The normalized spacial score (nSPS) is 13.3. The topological polar surface area (TPSA) is 12.5 Å². The van der Waals surface area contributed by atoms with E-state index in [0.29, 0.717) is 0 Å². The van der Waals surface area contributed by atoms with Crippen LogP contribution < -0.4 is 30.4 Å². The van der Waals surface area contributed by atoms with Crippen molar-refractivity contribution in [2.24, 2.45) is 0 Å². The van der Waals surface area contributed by atoms with Gasteiger partial charge in [0.1, 0.15) is 11.5 Å². The molecule has 2 aliphatic heterocycles. The van der Waals surface area contributed by atoms with Crippen molar-refractivity contribution in [1.29, 1.82) is 0 Å². The summed E-state index contributed by atoms with van der Waals surface area (Å²) in [5.74, 6) is 1.91. The summed E-state index contributed by atoms with van der Waals surface area (Å²) in [6.07, 6.45) is 0. The molecule has 1 spiro atoms. The van der Waals surface area contributed by atoms with Crippen LogP contribution in [0.25, 0.3) is 42.4 Å². The largest absolute Gasteiger partial charge is 0.458 e. The van der Waals surface area contributed by atoms with Gasteiger partial charge in [0.15, 0.2) is 8.07 Å². The minimum absolute atomic E-state index is 0.945. The zero-order valence-corrected chi connectivity index (χ0v) is 30.0. The minimum Gasteiger partial charge on any atom is -0.458 e. The SMILES string of the molecule is c1ccc(N(c2ccc(-c3cccc4c3sc3ccccc34)cc2)c2ccc3c(c2)[Si]2(c4ccccc4O3)c3ccccc3-c3ccccc32)cc1. The Kier molecular flexibility index (Phi) is 6.47. The van der Waals surface area contributed by atoms with E-state index in [-0.39, 0.29) is 0 Å². The number of benzene rings is 8. The van der Waals surface area contributed by atoms with Gasteiger partial charge in [-0.15, -0.1) is 11.3 Å². The summed E-state index contributed by atoms with van der Waals surface area (Å²) >= 11 is 1.88. The van der Waals surface area contributed by atoms with Crippen molar-refractivity contribution in [3.63, 3.8) is 0 Å². The third-order valence-electron chi connectivity index (χ3n) is 10.9. The average Bonchev–Trinajstić information content (AvgIpc) is 3.74. The number of para-hydroxylation sites is 2. The first-order chi connectivity index (χ1) is 25.8. The maximum atomic E-state index is 6.78. The number of thiophene rings is 1. The van der Waals surface area contributed by atoms with E-state index >= 15 is 0 Å². The van der Waals surface area contributed by atoms with Crippen LogP contribution in [0, 0.1) is 0 Å². The smallest absolute Gasteiger partial charge is 0.189 e. The molecule has 0 amide bonds. The van der Waals surface area contributed by atoms with Crippen molar-refractivity contribution in [3.8, 4) is 33.8 Å². The fraction of sp³-hybridized carbons (Fsp3) is 0. The van der Waals surface area contributed by atoms with Gasteiger partial charge in [-0.25, -0.2) is 0 Å². The Morgan fingerprint density at radius 2 is 0.981 bits per heavy atom. The van der Waals surface area contributed by atoms with E-state index in [2.05, 4.69) is 193 Å². The van der Waals surface area contributed by atoms with Gasteiger partial charge < -0.3 is 9.64 Å². The Hall–Kier alpha value is -6.20. The summed E-state index contributed by atoms with van der Waals surface area (Å²) in [4.78, 5) is 2.39.